The molecule has 64 heavy (non-hydrogen) atoms. The molecule has 0 bridgehead atoms. The van der Waals surface area contributed by atoms with Crippen LogP contribution in [0.3, 0.4) is 0 Å². The van der Waals surface area contributed by atoms with Gasteiger partial charge in [0.25, 0.3) is 0 Å². The monoisotopic (exact) mass is 885 g/mol. The van der Waals surface area contributed by atoms with E-state index in [9.17, 15) is 28.8 Å². The summed E-state index contributed by atoms with van der Waals surface area (Å²) in [6.45, 7) is 8.53. The highest BCUT2D eigenvalue weighted by Gasteiger charge is 2.36. The predicted molar refractivity (Wildman–Crippen MR) is 247 cm³/mol. The zero-order valence-corrected chi connectivity index (χ0v) is 38.1. The van der Waals surface area contributed by atoms with Crippen molar-refractivity contribution in [3.63, 3.8) is 0 Å². The van der Waals surface area contributed by atoms with E-state index in [4.69, 9.17) is 17.2 Å². The van der Waals surface area contributed by atoms with Crippen LogP contribution in [0.1, 0.15) is 109 Å². The van der Waals surface area contributed by atoms with Crippen molar-refractivity contribution >= 4 is 35.4 Å². The molecule has 3 aromatic rings. The third-order valence-corrected chi connectivity index (χ3v) is 12.0. The Hall–Kier alpha value is -5.61. The van der Waals surface area contributed by atoms with Crippen molar-refractivity contribution in [3.8, 4) is 0 Å². The lowest BCUT2D eigenvalue weighted by Gasteiger charge is -2.31. The van der Waals surface area contributed by atoms with Gasteiger partial charge in [-0.1, -0.05) is 127 Å². The third-order valence-electron chi connectivity index (χ3n) is 12.0. The molecular weight excluding hydrogens is 813 g/mol. The summed E-state index contributed by atoms with van der Waals surface area (Å²) < 4.78 is 1.88. The van der Waals surface area contributed by atoms with Gasteiger partial charge in [0.05, 0.1) is 18.1 Å². The molecule has 0 unspecified atom stereocenters. The van der Waals surface area contributed by atoms with E-state index in [-0.39, 0.29) is 30.6 Å². The maximum atomic E-state index is 14.4. The average molecular weight is 885 g/mol. The molecule has 1 aromatic heterocycles. The number of hydrogen-bond acceptors (Lipinski definition) is 9. The number of rotatable bonds is 26. The minimum Gasteiger partial charge on any atom is -0.368 e. The minimum atomic E-state index is -1.16. The van der Waals surface area contributed by atoms with Crippen molar-refractivity contribution in [1.82, 2.24) is 36.1 Å². The Kier molecular flexibility index (Phi) is 20.9. The molecule has 1 aliphatic rings. The van der Waals surface area contributed by atoms with Gasteiger partial charge >= 0.3 is 0 Å². The van der Waals surface area contributed by atoms with E-state index in [1.807, 2.05) is 92.9 Å². The lowest BCUT2D eigenvalue weighted by Crippen LogP contribution is -2.61. The van der Waals surface area contributed by atoms with Crippen molar-refractivity contribution in [2.45, 2.75) is 148 Å². The first-order valence-electron chi connectivity index (χ1n) is 23.0. The van der Waals surface area contributed by atoms with Crippen molar-refractivity contribution in [1.29, 1.82) is 0 Å². The van der Waals surface area contributed by atoms with E-state index in [1.165, 1.54) is 0 Å². The van der Waals surface area contributed by atoms with Gasteiger partial charge in [-0.25, -0.2) is 4.98 Å². The molecule has 0 saturated heterocycles. The predicted octanol–water partition coefficient (Wildman–Crippen LogP) is 2.75. The van der Waals surface area contributed by atoms with E-state index in [2.05, 4.69) is 31.6 Å². The minimum absolute atomic E-state index is 0.0251. The molecule has 1 saturated carbocycles. The highest BCUT2D eigenvalue weighted by atomic mass is 16.2. The molecule has 6 amide bonds. The first-order chi connectivity index (χ1) is 30.7. The Bertz CT molecular complexity index is 1940. The second-order valence-corrected chi connectivity index (χ2v) is 17.8. The number of carbonyl (C=O) groups excluding carboxylic acids is 6. The molecule has 1 fully saturated rings. The second-order valence-electron chi connectivity index (χ2n) is 17.8. The summed E-state index contributed by atoms with van der Waals surface area (Å²) in [5, 5.41) is 14.3. The number of amides is 6. The number of nitrogens with one attached hydrogen (secondary N) is 5. The van der Waals surface area contributed by atoms with E-state index >= 15 is 0 Å². The van der Waals surface area contributed by atoms with Crippen LogP contribution < -0.4 is 43.8 Å². The maximum absolute atomic E-state index is 14.4. The Labute approximate surface area is 378 Å². The van der Waals surface area contributed by atoms with Crippen molar-refractivity contribution < 1.29 is 28.8 Å². The summed E-state index contributed by atoms with van der Waals surface area (Å²) in [6.07, 6.45) is 10.6. The molecular formula is C48H72N10O6. The van der Waals surface area contributed by atoms with Gasteiger partial charge in [0.1, 0.15) is 30.2 Å². The quantitative estimate of drug-likeness (QED) is 0.0589. The van der Waals surface area contributed by atoms with Crippen molar-refractivity contribution in [3.05, 3.63) is 90.0 Å². The number of imidazole rings is 1. The number of benzene rings is 2. The largest absolute Gasteiger partial charge is 0.368 e. The van der Waals surface area contributed by atoms with Gasteiger partial charge in [0.15, 0.2) is 0 Å². The average Bonchev–Trinajstić information content (AvgIpc) is 3.72. The van der Waals surface area contributed by atoms with Gasteiger partial charge < -0.3 is 48.4 Å². The highest BCUT2D eigenvalue weighted by molar-refractivity contribution is 5.96. The molecule has 16 heteroatoms. The number of nitrogens with zero attached hydrogens (tertiary/aromatic N) is 2. The van der Waals surface area contributed by atoms with Gasteiger partial charge in [-0.3, -0.25) is 28.8 Å². The molecule has 0 spiro atoms. The molecule has 2 aromatic carbocycles. The number of primary amides is 1. The van der Waals surface area contributed by atoms with Crippen LogP contribution in [0.25, 0.3) is 0 Å². The highest BCUT2D eigenvalue weighted by Crippen LogP contribution is 2.28. The molecule has 0 aliphatic heterocycles. The first kappa shape index (κ1) is 51.0. The number of carbonyl (C=O) groups is 6. The van der Waals surface area contributed by atoms with Crippen LogP contribution >= 0.6 is 0 Å². The maximum Gasteiger partial charge on any atom is 0.243 e. The van der Waals surface area contributed by atoms with Crippen LogP contribution in [0.5, 0.6) is 0 Å². The standard InChI is InChI=1S/C48H72N10O6/c1-5-32(4)42(57-47(63)41(26-34-18-11-7-12-19-34)55-45(61)39(24-31(2)3)54-44(60)37(50)22-15-23-49)48(64)56-40(25-33-16-9-6-10-17-33)46(62)53-38(43(51)59)27-36-29-58(30-52-36)28-35-20-13-8-14-21-35/h6,8-10,13-14,16-17,20-21,29-32,34,37-42H,5,7,11-12,15,18-19,22-28,49-50H2,1-4H3,(H2,51,59)(H,53,62)(H,54,60)(H,55,61)(H,56,64)(H,57,63)/t32-,37-,38-,39-,40+,41-,42-/m0/s1. The summed E-state index contributed by atoms with van der Waals surface area (Å²) in [4.78, 5) is 87.3. The molecule has 0 radical (unpaired) electrons. The van der Waals surface area contributed by atoms with Gasteiger partial charge in [0, 0.05) is 25.6 Å². The van der Waals surface area contributed by atoms with Crippen LogP contribution in [0, 0.1) is 17.8 Å². The molecule has 1 heterocycles. The van der Waals surface area contributed by atoms with Crippen LogP contribution in [0.4, 0.5) is 0 Å². The first-order valence-corrected chi connectivity index (χ1v) is 23.0. The van der Waals surface area contributed by atoms with Crippen LogP contribution in [-0.4, -0.2) is 87.8 Å². The molecule has 4 rings (SSSR count). The number of hydrogen-bond donors (Lipinski definition) is 8. The van der Waals surface area contributed by atoms with Gasteiger partial charge in [0.2, 0.25) is 35.4 Å². The fourth-order valence-corrected chi connectivity index (χ4v) is 8.08. The molecule has 7 atom stereocenters. The van der Waals surface area contributed by atoms with Gasteiger partial charge in [-0.2, -0.15) is 0 Å². The topological polar surface area (TPSA) is 258 Å². The smallest absolute Gasteiger partial charge is 0.243 e. The Morgan fingerprint density at radius 1 is 0.719 bits per heavy atom. The van der Waals surface area contributed by atoms with E-state index in [1.54, 1.807) is 12.5 Å². The summed E-state index contributed by atoms with van der Waals surface area (Å²) in [6, 6.07) is 12.8. The fourth-order valence-electron chi connectivity index (χ4n) is 8.08. The van der Waals surface area contributed by atoms with E-state index in [0.29, 0.717) is 50.9 Å². The summed E-state index contributed by atoms with van der Waals surface area (Å²) >= 11 is 0. The van der Waals surface area contributed by atoms with Crippen molar-refractivity contribution in [2.75, 3.05) is 6.54 Å². The molecule has 16 nitrogen and oxygen atoms in total. The third kappa shape index (κ3) is 16.8. The summed E-state index contributed by atoms with van der Waals surface area (Å²) in [5.74, 6) is -3.73. The summed E-state index contributed by atoms with van der Waals surface area (Å²) in [7, 11) is 0. The lowest BCUT2D eigenvalue weighted by molar-refractivity contribution is -0.136. The molecule has 1 aliphatic carbocycles. The van der Waals surface area contributed by atoms with Gasteiger partial charge in [-0.15, -0.1) is 0 Å². The zero-order valence-electron chi connectivity index (χ0n) is 38.1. The van der Waals surface area contributed by atoms with Crippen LogP contribution in [0.15, 0.2) is 73.2 Å². The van der Waals surface area contributed by atoms with E-state index in [0.717, 1.165) is 43.2 Å². The lowest BCUT2D eigenvalue weighted by atomic mass is 9.84. The number of nitrogens with two attached hydrogens (primary N) is 3. The van der Waals surface area contributed by atoms with Gasteiger partial charge in [-0.05, 0) is 61.1 Å². The summed E-state index contributed by atoms with van der Waals surface area (Å²) in [5.41, 5.74) is 19.9. The van der Waals surface area contributed by atoms with Crippen LogP contribution in [0.2, 0.25) is 0 Å². The fraction of sp³-hybridized carbons (Fsp3) is 0.562. The molecule has 350 valence electrons. The Balaban J connectivity index is 1.54. The van der Waals surface area contributed by atoms with E-state index < -0.39 is 71.7 Å². The molecule has 11 N–H and O–H groups in total. The SMILES string of the molecule is CC[C@H](C)[C@H](NC(=O)[C@H](CC1CCCCC1)NC(=O)[C@H](CC(C)C)NC(=O)[C@@H](N)CCCN)C(=O)N[C@H](Cc1ccccc1)C(=O)N[C@@H](Cc1cn(Cc2ccccc2)cn1)C(N)=O. The van der Waals surface area contributed by atoms with Crippen LogP contribution in [-0.2, 0) is 48.2 Å². The zero-order chi connectivity index (χ0) is 46.6. The Morgan fingerprint density at radius 2 is 1.30 bits per heavy atom. The Morgan fingerprint density at radius 3 is 1.91 bits per heavy atom. The van der Waals surface area contributed by atoms with Crippen molar-refractivity contribution in [2.24, 2.45) is 35.0 Å². The normalized spacial score (nSPS) is 16.3. The number of aromatic nitrogens is 2. The second kappa shape index (κ2) is 26.2.